The van der Waals surface area contributed by atoms with E-state index in [1.807, 2.05) is 6.33 Å². The zero-order valence-electron chi connectivity index (χ0n) is 18.2. The maximum atomic E-state index is 6.05. The molecule has 1 aromatic carbocycles. The third-order valence-corrected chi connectivity index (χ3v) is 6.78. The lowest BCUT2D eigenvalue weighted by Crippen LogP contribution is -2.46. The highest BCUT2D eigenvalue weighted by molar-refractivity contribution is 5.80. The van der Waals surface area contributed by atoms with Crippen LogP contribution < -0.4 is 9.64 Å². The molecule has 0 radical (unpaired) electrons. The molecule has 1 N–H and O–H groups in total. The number of H-pyrrole nitrogens is 1. The summed E-state index contributed by atoms with van der Waals surface area (Å²) < 4.78 is 6.05. The Morgan fingerprint density at radius 1 is 1.03 bits per heavy atom. The normalized spacial score (nSPS) is 18.0. The van der Waals surface area contributed by atoms with Crippen molar-refractivity contribution in [3.05, 3.63) is 52.8 Å². The van der Waals surface area contributed by atoms with Gasteiger partial charge >= 0.3 is 0 Å². The van der Waals surface area contributed by atoms with Crippen LogP contribution in [0, 0.1) is 13.8 Å². The Balaban J connectivity index is 1.25. The van der Waals surface area contributed by atoms with E-state index in [4.69, 9.17) is 9.72 Å². The summed E-state index contributed by atoms with van der Waals surface area (Å²) in [4.78, 5) is 13.0. The summed E-state index contributed by atoms with van der Waals surface area (Å²) in [7, 11) is 0. The van der Waals surface area contributed by atoms with E-state index in [0.29, 0.717) is 0 Å². The molecule has 0 amide bonds. The van der Waals surface area contributed by atoms with Crippen molar-refractivity contribution in [3.63, 3.8) is 0 Å². The van der Waals surface area contributed by atoms with Gasteiger partial charge in [0.1, 0.15) is 11.6 Å². The average molecular weight is 405 g/mol. The average Bonchev–Trinajstić information content (AvgIpc) is 3.04. The number of anilines is 1. The van der Waals surface area contributed by atoms with Crippen LogP contribution in [0.1, 0.15) is 41.5 Å². The van der Waals surface area contributed by atoms with Crippen LogP contribution in [0.3, 0.4) is 0 Å². The molecule has 3 aliphatic heterocycles. The number of piperazine rings is 1. The second kappa shape index (κ2) is 8.31. The number of aromatic amines is 1. The Kier molecular flexibility index (Phi) is 5.38. The molecule has 1 aromatic rings. The molecule has 0 saturated carbocycles. The Hall–Kier alpha value is -2.53. The van der Waals surface area contributed by atoms with Crippen LogP contribution in [-0.4, -0.2) is 47.7 Å². The Morgan fingerprint density at radius 3 is 2.77 bits per heavy atom. The molecule has 5 rings (SSSR count). The molecular weight excluding hydrogens is 372 g/mol. The van der Waals surface area contributed by atoms with Crippen molar-refractivity contribution in [2.45, 2.75) is 46.1 Å². The lowest BCUT2D eigenvalue weighted by molar-refractivity contribution is 0.248. The highest BCUT2D eigenvalue weighted by Gasteiger charge is 2.24. The van der Waals surface area contributed by atoms with Gasteiger partial charge in [0.15, 0.2) is 0 Å². The molecule has 5 heteroatoms. The molecule has 1 saturated heterocycles. The first kappa shape index (κ1) is 19.4. The Bertz CT molecular complexity index is 987. The van der Waals surface area contributed by atoms with Gasteiger partial charge in [0.25, 0.3) is 0 Å². The van der Waals surface area contributed by atoms with E-state index in [1.54, 1.807) is 0 Å². The fourth-order valence-electron chi connectivity index (χ4n) is 4.86. The van der Waals surface area contributed by atoms with Crippen LogP contribution in [0.4, 0.5) is 5.82 Å². The van der Waals surface area contributed by atoms with Crippen molar-refractivity contribution in [2.75, 3.05) is 37.7 Å². The number of hydrogen-bond acceptors (Lipinski definition) is 4. The number of nitrogens with zero attached hydrogens (tertiary/aromatic N) is 3. The van der Waals surface area contributed by atoms with Crippen molar-refractivity contribution in [2.24, 2.45) is 0 Å². The number of aromatic nitrogens is 2. The lowest BCUT2D eigenvalue weighted by Gasteiger charge is -2.36. The van der Waals surface area contributed by atoms with Crippen molar-refractivity contribution in [1.29, 1.82) is 0 Å². The molecule has 0 aromatic heterocycles. The summed E-state index contributed by atoms with van der Waals surface area (Å²) in [5.41, 5.74) is 7.88. The lowest BCUT2D eigenvalue weighted by atomic mass is 10.0. The number of nitrogens with one attached hydrogen (secondary N) is 1. The van der Waals surface area contributed by atoms with Crippen LogP contribution in [0.5, 0.6) is 5.75 Å². The summed E-state index contributed by atoms with van der Waals surface area (Å²) >= 11 is 0. The second-order valence-electron chi connectivity index (χ2n) is 8.83. The summed E-state index contributed by atoms with van der Waals surface area (Å²) in [6.07, 6.45) is 6.70. The highest BCUT2D eigenvalue weighted by Crippen LogP contribution is 2.36. The number of fused-ring (bicyclic) bond motifs is 2. The van der Waals surface area contributed by atoms with Crippen molar-refractivity contribution < 1.29 is 4.74 Å². The summed E-state index contributed by atoms with van der Waals surface area (Å²) in [5.74, 6) is 2.24. The van der Waals surface area contributed by atoms with E-state index in [0.717, 1.165) is 57.3 Å². The fourth-order valence-corrected chi connectivity index (χ4v) is 4.86. The van der Waals surface area contributed by atoms with E-state index in [9.17, 15) is 0 Å². The van der Waals surface area contributed by atoms with Crippen LogP contribution in [0.15, 0.2) is 30.6 Å². The fraction of sp³-hybridized carbons (Fsp3) is 0.480. The van der Waals surface area contributed by atoms with Crippen LogP contribution in [-0.2, 0) is 13.0 Å². The number of benzene rings is 1. The predicted molar refractivity (Wildman–Crippen MR) is 122 cm³/mol. The first-order chi connectivity index (χ1) is 14.7. The first-order valence-electron chi connectivity index (χ1n) is 11.3. The molecule has 0 atom stereocenters. The van der Waals surface area contributed by atoms with E-state index in [2.05, 4.69) is 52.9 Å². The zero-order valence-corrected chi connectivity index (χ0v) is 18.2. The largest absolute Gasteiger partial charge is 0.493 e. The van der Waals surface area contributed by atoms with Gasteiger partial charge in [-0.25, -0.2) is 4.98 Å². The minimum Gasteiger partial charge on any atom is -0.493 e. The third-order valence-electron chi connectivity index (χ3n) is 6.78. The van der Waals surface area contributed by atoms with Gasteiger partial charge in [-0.1, -0.05) is 12.1 Å². The Labute approximate surface area is 179 Å². The van der Waals surface area contributed by atoms with Gasteiger partial charge in [-0.2, -0.15) is 0 Å². The number of aryl methyl sites for hydroxylation is 2. The van der Waals surface area contributed by atoms with Gasteiger partial charge in [0, 0.05) is 38.3 Å². The van der Waals surface area contributed by atoms with Crippen LogP contribution in [0.2, 0.25) is 0 Å². The molecule has 1 fully saturated rings. The maximum absolute atomic E-state index is 6.05. The van der Waals surface area contributed by atoms with Gasteiger partial charge in [-0.05, 0) is 73.9 Å². The molecule has 3 heterocycles. The van der Waals surface area contributed by atoms with Crippen LogP contribution in [0.25, 0.3) is 11.3 Å². The van der Waals surface area contributed by atoms with E-state index in [1.165, 1.54) is 52.8 Å². The van der Waals surface area contributed by atoms with Crippen molar-refractivity contribution >= 4 is 5.82 Å². The van der Waals surface area contributed by atoms with Gasteiger partial charge in [0.2, 0.25) is 0 Å². The highest BCUT2D eigenvalue weighted by atomic mass is 16.5. The summed E-state index contributed by atoms with van der Waals surface area (Å²) in [6, 6.07) is 9.09. The quantitative estimate of drug-likeness (QED) is 0.695. The topological polar surface area (TPSA) is 44.4 Å². The van der Waals surface area contributed by atoms with E-state index >= 15 is 0 Å². The number of rotatable bonds is 3. The second-order valence-corrected chi connectivity index (χ2v) is 8.83. The van der Waals surface area contributed by atoms with Crippen molar-refractivity contribution in [1.82, 2.24) is 14.9 Å². The van der Waals surface area contributed by atoms with E-state index in [-0.39, 0.29) is 0 Å². The summed E-state index contributed by atoms with van der Waals surface area (Å²) in [5, 5.41) is 0. The Morgan fingerprint density at radius 2 is 1.90 bits per heavy atom. The minimum absolute atomic E-state index is 0.853. The van der Waals surface area contributed by atoms with Gasteiger partial charge in [-0.15, -0.1) is 0 Å². The zero-order chi connectivity index (χ0) is 20.5. The molecule has 158 valence electrons. The van der Waals surface area contributed by atoms with Gasteiger partial charge in [-0.3, -0.25) is 4.90 Å². The SMILES string of the molecule is Cc1cc2[nH]cnc(N3CCN(Cc4ccc5c(c4)OCCCCC5)CC3)c-2c1C. The monoisotopic (exact) mass is 404 g/mol. The smallest absolute Gasteiger partial charge is 0.140 e. The standard InChI is InChI=1S/C25H32N4O/c1-18-14-22-24(19(18)2)25(27-17-26-22)29-11-9-28(10-12-29)16-20-7-8-21-6-4-3-5-13-30-23(21)15-20/h7-8,14-15,17H,3-6,9-13,16H2,1-2H3,(H,26,27). The molecule has 0 spiro atoms. The molecule has 30 heavy (non-hydrogen) atoms. The minimum atomic E-state index is 0.853. The van der Waals surface area contributed by atoms with Crippen LogP contribution >= 0.6 is 0 Å². The van der Waals surface area contributed by atoms with Gasteiger partial charge in [0.05, 0.1) is 18.6 Å². The summed E-state index contributed by atoms with van der Waals surface area (Å²) in [6.45, 7) is 10.4. The molecule has 5 nitrogen and oxygen atoms in total. The third kappa shape index (κ3) is 3.79. The maximum Gasteiger partial charge on any atom is 0.140 e. The van der Waals surface area contributed by atoms with E-state index < -0.39 is 0 Å². The van der Waals surface area contributed by atoms with Gasteiger partial charge < -0.3 is 14.6 Å². The molecule has 4 aliphatic rings. The molecular formula is C25H32N4O. The molecule has 0 unspecified atom stereocenters. The first-order valence-corrected chi connectivity index (χ1v) is 11.3. The molecule has 0 bridgehead atoms. The predicted octanol–water partition coefficient (Wildman–Crippen LogP) is 4.56. The number of ether oxygens (including phenoxy) is 1. The molecule has 1 aliphatic carbocycles. The number of hydrogen-bond donors (Lipinski definition) is 1. The van der Waals surface area contributed by atoms with Crippen molar-refractivity contribution in [3.8, 4) is 17.0 Å².